The number of aryl methyl sites for hydroxylation is 2. The summed E-state index contributed by atoms with van der Waals surface area (Å²) in [6.45, 7) is 4.20. The van der Waals surface area contributed by atoms with E-state index in [0.29, 0.717) is 17.7 Å². The molecule has 33 heavy (non-hydrogen) atoms. The Morgan fingerprint density at radius 3 is 2.24 bits per heavy atom. The zero-order valence-electron chi connectivity index (χ0n) is 18.7. The van der Waals surface area contributed by atoms with Crippen LogP contribution in [0.4, 0.5) is 0 Å². The van der Waals surface area contributed by atoms with Gasteiger partial charge >= 0.3 is 5.97 Å². The summed E-state index contributed by atoms with van der Waals surface area (Å²) in [7, 11) is 0. The molecule has 0 radical (unpaired) electrons. The van der Waals surface area contributed by atoms with E-state index < -0.39 is 5.97 Å². The number of hydrogen-bond acceptors (Lipinski definition) is 2. The Hall–Kier alpha value is -4.18. The fourth-order valence-corrected chi connectivity index (χ4v) is 3.99. The summed E-state index contributed by atoms with van der Waals surface area (Å²) in [5, 5.41) is 9.89. The van der Waals surface area contributed by atoms with Gasteiger partial charge in [-0.2, -0.15) is 0 Å². The van der Waals surface area contributed by atoms with E-state index in [1.807, 2.05) is 98.9 Å². The van der Waals surface area contributed by atoms with Gasteiger partial charge < -0.3 is 9.67 Å². The molecule has 1 aromatic heterocycles. The van der Waals surface area contributed by atoms with Gasteiger partial charge in [0.15, 0.2) is 0 Å². The average Bonchev–Trinajstić information content (AvgIpc) is 2.82. The Kier molecular flexibility index (Phi) is 6.36. The summed E-state index contributed by atoms with van der Waals surface area (Å²) in [6.07, 6.45) is 5.69. The van der Waals surface area contributed by atoms with Gasteiger partial charge in [-0.3, -0.25) is 4.79 Å². The van der Waals surface area contributed by atoms with Gasteiger partial charge in [0.2, 0.25) is 0 Å². The van der Waals surface area contributed by atoms with Crippen LogP contribution in [0.1, 0.15) is 38.2 Å². The summed E-state index contributed by atoms with van der Waals surface area (Å²) in [6, 6.07) is 24.8. The van der Waals surface area contributed by atoms with Gasteiger partial charge in [-0.15, -0.1) is 0 Å². The lowest BCUT2D eigenvalue weighted by molar-refractivity contribution is 0.0697. The van der Waals surface area contributed by atoms with Crippen molar-refractivity contribution in [1.82, 2.24) is 4.57 Å². The van der Waals surface area contributed by atoms with E-state index in [4.69, 9.17) is 0 Å². The van der Waals surface area contributed by atoms with Crippen molar-refractivity contribution in [3.05, 3.63) is 129 Å². The monoisotopic (exact) mass is 435 g/mol. The molecule has 0 unspecified atom stereocenters. The highest BCUT2D eigenvalue weighted by atomic mass is 16.4. The van der Waals surface area contributed by atoms with E-state index >= 15 is 0 Å². The predicted molar refractivity (Wildman–Crippen MR) is 133 cm³/mol. The fourth-order valence-electron chi connectivity index (χ4n) is 3.99. The average molecular weight is 436 g/mol. The molecular formula is C29H25NO3. The quantitative estimate of drug-likeness (QED) is 0.401. The third-order valence-corrected chi connectivity index (χ3v) is 5.63. The van der Waals surface area contributed by atoms with Gasteiger partial charge in [-0.05, 0) is 42.2 Å². The van der Waals surface area contributed by atoms with Gasteiger partial charge in [0.1, 0.15) is 0 Å². The molecule has 0 aliphatic rings. The molecule has 0 atom stereocenters. The van der Waals surface area contributed by atoms with E-state index in [2.05, 4.69) is 0 Å². The lowest BCUT2D eigenvalue weighted by atomic mass is 9.92. The molecule has 0 fully saturated rings. The first-order chi connectivity index (χ1) is 15.9. The number of carboxylic acid groups (broad SMARTS) is 1. The van der Waals surface area contributed by atoms with E-state index in [1.54, 1.807) is 16.7 Å². The Morgan fingerprint density at radius 2 is 1.58 bits per heavy atom. The highest BCUT2D eigenvalue weighted by molar-refractivity contribution is 5.98. The molecule has 4 rings (SSSR count). The van der Waals surface area contributed by atoms with Crippen LogP contribution in [-0.2, 0) is 6.54 Å². The van der Waals surface area contributed by atoms with Crippen LogP contribution < -0.4 is 5.56 Å². The fraction of sp³-hybridized carbons (Fsp3) is 0.103. The van der Waals surface area contributed by atoms with Gasteiger partial charge in [0.25, 0.3) is 5.56 Å². The first-order valence-electron chi connectivity index (χ1n) is 10.8. The maximum atomic E-state index is 13.8. The number of aromatic nitrogens is 1. The minimum Gasteiger partial charge on any atom is -0.478 e. The van der Waals surface area contributed by atoms with Crippen molar-refractivity contribution in [2.45, 2.75) is 20.4 Å². The summed E-state index contributed by atoms with van der Waals surface area (Å²) in [5.41, 5.74) is 5.17. The Morgan fingerprint density at radius 1 is 0.909 bits per heavy atom. The van der Waals surface area contributed by atoms with Gasteiger partial charge in [-0.1, -0.05) is 90.5 Å². The summed E-state index contributed by atoms with van der Waals surface area (Å²) in [5.74, 6) is -1.05. The lowest BCUT2D eigenvalue weighted by Crippen LogP contribution is -2.24. The molecule has 0 spiro atoms. The van der Waals surface area contributed by atoms with Crippen LogP contribution in [0.25, 0.3) is 23.3 Å². The SMILES string of the molecule is Cc1ccc(-c2c(C=Cc3ccccc3)c(C)cn(Cc3ccccc3)c2=O)c(C(=O)O)c1. The van der Waals surface area contributed by atoms with Gasteiger partial charge in [-0.25, -0.2) is 4.79 Å². The van der Waals surface area contributed by atoms with Crippen LogP contribution in [0.3, 0.4) is 0 Å². The molecule has 3 aromatic carbocycles. The smallest absolute Gasteiger partial charge is 0.336 e. The number of hydrogen-bond donors (Lipinski definition) is 1. The number of carbonyl (C=O) groups is 1. The standard InChI is InChI=1S/C29H25NO3/c1-20-13-15-25(26(17-20)29(32)33)27-24(16-14-22-9-5-3-6-10-22)21(2)18-30(28(27)31)19-23-11-7-4-8-12-23/h3-18H,19H2,1-2H3,(H,32,33). The van der Waals surface area contributed by atoms with E-state index in [-0.39, 0.29) is 11.1 Å². The normalized spacial score (nSPS) is 11.1. The van der Waals surface area contributed by atoms with E-state index in [9.17, 15) is 14.7 Å². The number of pyridine rings is 1. The number of rotatable bonds is 6. The second-order valence-corrected chi connectivity index (χ2v) is 8.12. The topological polar surface area (TPSA) is 59.3 Å². The third kappa shape index (κ3) is 4.85. The van der Waals surface area contributed by atoms with Crippen LogP contribution in [-0.4, -0.2) is 15.6 Å². The number of aromatic carboxylic acids is 1. The Labute approximate surface area is 193 Å². The first kappa shape index (κ1) is 22.0. The molecule has 0 aliphatic heterocycles. The second kappa shape index (κ2) is 9.53. The molecule has 4 aromatic rings. The van der Waals surface area contributed by atoms with Gasteiger partial charge in [0, 0.05) is 11.8 Å². The Bertz CT molecular complexity index is 1380. The number of benzene rings is 3. The van der Waals surface area contributed by atoms with Crippen molar-refractivity contribution in [3.8, 4) is 11.1 Å². The highest BCUT2D eigenvalue weighted by Crippen LogP contribution is 2.29. The van der Waals surface area contributed by atoms with Gasteiger partial charge in [0.05, 0.1) is 17.7 Å². The maximum Gasteiger partial charge on any atom is 0.336 e. The van der Waals surface area contributed by atoms with Crippen LogP contribution >= 0.6 is 0 Å². The molecule has 1 N–H and O–H groups in total. The zero-order chi connectivity index (χ0) is 23.4. The molecule has 0 aliphatic carbocycles. The molecule has 0 saturated carbocycles. The third-order valence-electron chi connectivity index (χ3n) is 5.63. The van der Waals surface area contributed by atoms with Crippen molar-refractivity contribution < 1.29 is 9.90 Å². The summed E-state index contributed by atoms with van der Waals surface area (Å²) < 4.78 is 1.66. The first-order valence-corrected chi connectivity index (χ1v) is 10.8. The van der Waals surface area contributed by atoms with Crippen LogP contribution in [0.5, 0.6) is 0 Å². The lowest BCUT2D eigenvalue weighted by Gasteiger charge is -2.16. The number of nitrogens with zero attached hydrogens (tertiary/aromatic N) is 1. The van der Waals surface area contributed by atoms with E-state index in [1.165, 1.54) is 0 Å². The molecule has 0 saturated heterocycles. The molecule has 4 heteroatoms. The predicted octanol–water partition coefficient (Wildman–Crippen LogP) is 6.05. The van der Waals surface area contributed by atoms with Crippen molar-refractivity contribution in [3.63, 3.8) is 0 Å². The molecule has 1 heterocycles. The minimum atomic E-state index is -1.05. The highest BCUT2D eigenvalue weighted by Gasteiger charge is 2.20. The Balaban J connectivity index is 1.95. The maximum absolute atomic E-state index is 13.8. The molecule has 164 valence electrons. The summed E-state index contributed by atoms with van der Waals surface area (Å²) in [4.78, 5) is 25.8. The zero-order valence-corrected chi connectivity index (χ0v) is 18.7. The minimum absolute atomic E-state index is 0.123. The largest absolute Gasteiger partial charge is 0.478 e. The van der Waals surface area contributed by atoms with Crippen molar-refractivity contribution in [2.24, 2.45) is 0 Å². The molecule has 0 bridgehead atoms. The van der Waals surface area contributed by atoms with Crippen LogP contribution in [0, 0.1) is 13.8 Å². The van der Waals surface area contributed by atoms with Crippen molar-refractivity contribution >= 4 is 18.1 Å². The summed E-state index contributed by atoms with van der Waals surface area (Å²) >= 11 is 0. The van der Waals surface area contributed by atoms with E-state index in [0.717, 1.165) is 27.8 Å². The van der Waals surface area contributed by atoms with Crippen LogP contribution in [0.15, 0.2) is 89.9 Å². The molecular weight excluding hydrogens is 410 g/mol. The van der Waals surface area contributed by atoms with Crippen molar-refractivity contribution in [1.29, 1.82) is 0 Å². The van der Waals surface area contributed by atoms with Crippen molar-refractivity contribution in [2.75, 3.05) is 0 Å². The van der Waals surface area contributed by atoms with Crippen LogP contribution in [0.2, 0.25) is 0 Å². The molecule has 4 nitrogen and oxygen atoms in total. The molecule has 0 amide bonds. The number of carboxylic acids is 1. The second-order valence-electron chi connectivity index (χ2n) is 8.12.